The Labute approximate surface area is 134 Å². The van der Waals surface area contributed by atoms with Crippen LogP contribution in [0.2, 0.25) is 5.02 Å². The van der Waals surface area contributed by atoms with Gasteiger partial charge in [0.15, 0.2) is 0 Å². The number of anilines is 2. The van der Waals surface area contributed by atoms with Crippen LogP contribution < -0.4 is 10.5 Å². The van der Waals surface area contributed by atoms with Crippen molar-refractivity contribution in [1.82, 2.24) is 0 Å². The Bertz CT molecular complexity index is 768. The zero-order chi connectivity index (χ0) is 14.9. The number of sulfonamides is 1. The van der Waals surface area contributed by atoms with Crippen LogP contribution >= 0.6 is 34.2 Å². The van der Waals surface area contributed by atoms with Crippen molar-refractivity contribution in [2.75, 3.05) is 10.5 Å². The van der Waals surface area contributed by atoms with Gasteiger partial charge in [-0.15, -0.1) is 0 Å². The quantitative estimate of drug-likeness (QED) is 0.583. The average molecular weight is 427 g/mol. The highest BCUT2D eigenvalue weighted by atomic mass is 127. The standard InChI is InChI=1S/C12H9ClFIN2O2S/c13-9-5-7(15)1-4-12(9)17-20(18,19)8-2-3-11(16)10(14)6-8/h1-6,17H,16H2. The fourth-order valence-corrected chi connectivity index (χ4v) is 3.50. The molecule has 0 aliphatic heterocycles. The SMILES string of the molecule is Nc1ccc(S(=O)(=O)Nc2ccc(I)cc2Cl)cc1F. The fraction of sp³-hybridized carbons (Fsp3) is 0. The van der Waals surface area contributed by atoms with Crippen LogP contribution in [0, 0.1) is 9.39 Å². The Hall–Kier alpha value is -1.06. The molecule has 0 aliphatic carbocycles. The first-order chi connectivity index (χ1) is 9.29. The minimum atomic E-state index is -3.92. The molecule has 0 saturated heterocycles. The second-order valence-corrected chi connectivity index (χ2v) is 7.25. The number of hydrogen-bond acceptors (Lipinski definition) is 3. The van der Waals surface area contributed by atoms with Gasteiger partial charge in [0.05, 0.1) is 21.3 Å². The van der Waals surface area contributed by atoms with Crippen LogP contribution in [-0.2, 0) is 10.0 Å². The predicted molar refractivity (Wildman–Crippen MR) is 85.8 cm³/mol. The van der Waals surface area contributed by atoms with Gasteiger partial charge < -0.3 is 5.73 Å². The summed E-state index contributed by atoms with van der Waals surface area (Å²) in [6.07, 6.45) is 0. The number of rotatable bonds is 3. The zero-order valence-corrected chi connectivity index (χ0v) is 13.6. The topological polar surface area (TPSA) is 72.2 Å². The molecule has 0 fully saturated rings. The molecule has 0 aromatic heterocycles. The van der Waals surface area contributed by atoms with Gasteiger partial charge in [-0.1, -0.05) is 11.6 Å². The Balaban J connectivity index is 2.38. The Morgan fingerprint density at radius 2 is 1.90 bits per heavy atom. The molecule has 0 amide bonds. The van der Waals surface area contributed by atoms with E-state index in [1.165, 1.54) is 18.2 Å². The molecule has 8 heteroatoms. The minimum absolute atomic E-state index is 0.115. The third kappa shape index (κ3) is 3.33. The van der Waals surface area contributed by atoms with Crippen molar-refractivity contribution in [1.29, 1.82) is 0 Å². The van der Waals surface area contributed by atoms with Gasteiger partial charge in [0.2, 0.25) is 0 Å². The number of halogens is 3. The summed E-state index contributed by atoms with van der Waals surface area (Å²) in [7, 11) is -3.92. The normalized spacial score (nSPS) is 11.3. The number of benzene rings is 2. The largest absolute Gasteiger partial charge is 0.396 e. The maximum Gasteiger partial charge on any atom is 0.262 e. The van der Waals surface area contributed by atoms with E-state index in [2.05, 4.69) is 27.3 Å². The summed E-state index contributed by atoms with van der Waals surface area (Å²) >= 11 is 8.01. The molecule has 4 nitrogen and oxygen atoms in total. The van der Waals surface area contributed by atoms with Crippen LogP contribution in [0.3, 0.4) is 0 Å². The third-order valence-electron chi connectivity index (χ3n) is 2.46. The van der Waals surface area contributed by atoms with Gasteiger partial charge in [-0.25, -0.2) is 12.8 Å². The van der Waals surface area contributed by atoms with Crippen molar-refractivity contribution in [2.45, 2.75) is 4.90 Å². The second kappa shape index (κ2) is 5.74. The predicted octanol–water partition coefficient (Wildman–Crippen LogP) is 3.47. The minimum Gasteiger partial charge on any atom is -0.396 e. The molecular formula is C12H9ClFIN2O2S. The maximum absolute atomic E-state index is 13.3. The smallest absolute Gasteiger partial charge is 0.262 e. The van der Waals surface area contributed by atoms with Crippen LogP contribution in [0.25, 0.3) is 0 Å². The van der Waals surface area contributed by atoms with Crippen LogP contribution in [-0.4, -0.2) is 8.42 Å². The molecule has 0 spiro atoms. The summed E-state index contributed by atoms with van der Waals surface area (Å²) in [4.78, 5) is -0.223. The van der Waals surface area contributed by atoms with Crippen molar-refractivity contribution in [2.24, 2.45) is 0 Å². The van der Waals surface area contributed by atoms with Gasteiger partial charge in [-0.3, -0.25) is 4.72 Å². The van der Waals surface area contributed by atoms with E-state index in [1.807, 2.05) is 0 Å². The van der Waals surface area contributed by atoms with Gasteiger partial charge in [0, 0.05) is 3.57 Å². The van der Waals surface area contributed by atoms with E-state index in [1.54, 1.807) is 12.1 Å². The lowest BCUT2D eigenvalue weighted by atomic mass is 10.3. The van der Waals surface area contributed by atoms with Crippen LogP contribution in [0.1, 0.15) is 0 Å². The number of hydrogen-bond donors (Lipinski definition) is 2. The zero-order valence-electron chi connectivity index (χ0n) is 9.90. The van der Waals surface area contributed by atoms with Crippen molar-refractivity contribution >= 4 is 55.6 Å². The molecule has 0 heterocycles. The van der Waals surface area contributed by atoms with Crippen molar-refractivity contribution in [3.63, 3.8) is 0 Å². The van der Waals surface area contributed by atoms with Gasteiger partial charge in [-0.05, 0) is 59.0 Å². The molecule has 0 atom stereocenters. The molecule has 0 bridgehead atoms. The average Bonchev–Trinajstić information content (AvgIpc) is 2.36. The molecule has 0 unspecified atom stereocenters. The van der Waals surface area contributed by atoms with Crippen molar-refractivity contribution < 1.29 is 12.8 Å². The fourth-order valence-electron chi connectivity index (χ4n) is 1.45. The van der Waals surface area contributed by atoms with Crippen LogP contribution in [0.4, 0.5) is 15.8 Å². The summed E-state index contributed by atoms with van der Waals surface area (Å²) in [6, 6.07) is 8.13. The monoisotopic (exact) mass is 426 g/mol. The lowest BCUT2D eigenvalue weighted by Gasteiger charge is -2.10. The number of nitrogens with one attached hydrogen (secondary N) is 1. The molecule has 2 aromatic rings. The van der Waals surface area contributed by atoms with E-state index in [0.717, 1.165) is 9.64 Å². The van der Waals surface area contributed by atoms with E-state index in [-0.39, 0.29) is 21.3 Å². The van der Waals surface area contributed by atoms with E-state index < -0.39 is 15.8 Å². The van der Waals surface area contributed by atoms with E-state index >= 15 is 0 Å². The molecule has 0 aliphatic rings. The first-order valence-corrected chi connectivity index (χ1v) is 8.26. The second-order valence-electron chi connectivity index (χ2n) is 3.91. The summed E-state index contributed by atoms with van der Waals surface area (Å²) in [5, 5.41) is 0.261. The van der Waals surface area contributed by atoms with Gasteiger partial charge in [0.25, 0.3) is 10.0 Å². The molecule has 2 aromatic carbocycles. The first kappa shape index (κ1) is 15.3. The molecule has 20 heavy (non-hydrogen) atoms. The van der Waals surface area contributed by atoms with E-state index in [0.29, 0.717) is 0 Å². The van der Waals surface area contributed by atoms with E-state index in [4.69, 9.17) is 17.3 Å². The van der Waals surface area contributed by atoms with Crippen LogP contribution in [0.5, 0.6) is 0 Å². The lowest BCUT2D eigenvalue weighted by molar-refractivity contribution is 0.596. The summed E-state index contributed by atoms with van der Waals surface area (Å²) in [5.74, 6) is -0.790. The van der Waals surface area contributed by atoms with Gasteiger partial charge >= 0.3 is 0 Å². The van der Waals surface area contributed by atoms with Gasteiger partial charge in [-0.2, -0.15) is 0 Å². The summed E-state index contributed by atoms with van der Waals surface area (Å²) in [6.45, 7) is 0. The molecule has 3 N–H and O–H groups in total. The highest BCUT2D eigenvalue weighted by Crippen LogP contribution is 2.27. The van der Waals surface area contributed by atoms with Crippen molar-refractivity contribution in [3.8, 4) is 0 Å². The first-order valence-electron chi connectivity index (χ1n) is 5.32. The molecule has 2 rings (SSSR count). The van der Waals surface area contributed by atoms with E-state index in [9.17, 15) is 12.8 Å². The summed E-state index contributed by atoms with van der Waals surface area (Å²) < 4.78 is 40.8. The Morgan fingerprint density at radius 1 is 1.20 bits per heavy atom. The van der Waals surface area contributed by atoms with Crippen LogP contribution in [0.15, 0.2) is 41.3 Å². The summed E-state index contributed by atoms with van der Waals surface area (Å²) in [5.41, 5.74) is 5.42. The highest BCUT2D eigenvalue weighted by Gasteiger charge is 2.17. The number of nitrogens with two attached hydrogens (primary N) is 1. The van der Waals surface area contributed by atoms with Gasteiger partial charge in [0.1, 0.15) is 5.82 Å². The molecule has 0 saturated carbocycles. The Morgan fingerprint density at radius 3 is 2.50 bits per heavy atom. The number of nitrogen functional groups attached to an aromatic ring is 1. The maximum atomic E-state index is 13.3. The molecule has 0 radical (unpaired) electrons. The van der Waals surface area contributed by atoms with Crippen molar-refractivity contribution in [3.05, 3.63) is 50.8 Å². The highest BCUT2D eigenvalue weighted by molar-refractivity contribution is 14.1. The Kier molecular flexibility index (Phi) is 4.40. The lowest BCUT2D eigenvalue weighted by Crippen LogP contribution is -2.13. The molecule has 106 valence electrons. The third-order valence-corrected chi connectivity index (χ3v) is 4.80. The molecular weight excluding hydrogens is 418 g/mol.